The van der Waals surface area contributed by atoms with Gasteiger partial charge in [0.05, 0.1) is 6.54 Å². The second-order valence-corrected chi connectivity index (χ2v) is 5.76. The highest BCUT2D eigenvalue weighted by atomic mass is 16.1. The third-order valence-electron chi connectivity index (χ3n) is 4.09. The Bertz CT molecular complexity index is 421. The number of carbonyl (C=O) groups is 1. The van der Waals surface area contributed by atoms with Gasteiger partial charge in [0.2, 0.25) is 0 Å². The summed E-state index contributed by atoms with van der Waals surface area (Å²) < 4.78 is 0. The van der Waals surface area contributed by atoms with Crippen LogP contribution in [0.15, 0.2) is 24.3 Å². The molecule has 0 aliphatic carbocycles. The van der Waals surface area contributed by atoms with E-state index in [4.69, 9.17) is 0 Å². The zero-order chi connectivity index (χ0) is 14.4. The molecular formula is C17H26N2O. The van der Waals surface area contributed by atoms with E-state index >= 15 is 0 Å². The normalized spacial score (nSPS) is 15.9. The van der Waals surface area contributed by atoms with Gasteiger partial charge in [0.25, 0.3) is 0 Å². The van der Waals surface area contributed by atoms with Gasteiger partial charge in [0.1, 0.15) is 0 Å². The monoisotopic (exact) mass is 274 g/mol. The third kappa shape index (κ3) is 4.43. The molecule has 0 spiro atoms. The van der Waals surface area contributed by atoms with E-state index in [0.717, 1.165) is 25.1 Å². The molecular weight excluding hydrogens is 248 g/mol. The fourth-order valence-electron chi connectivity index (χ4n) is 2.66. The summed E-state index contributed by atoms with van der Waals surface area (Å²) in [5.41, 5.74) is 2.11. The minimum Gasteiger partial charge on any atom is -0.302 e. The van der Waals surface area contributed by atoms with Gasteiger partial charge in [-0.1, -0.05) is 31.2 Å². The van der Waals surface area contributed by atoms with E-state index in [-0.39, 0.29) is 5.78 Å². The van der Waals surface area contributed by atoms with Crippen LogP contribution >= 0.6 is 0 Å². The van der Waals surface area contributed by atoms with Crippen molar-refractivity contribution in [2.45, 2.75) is 26.2 Å². The molecule has 3 nitrogen and oxygen atoms in total. The molecule has 0 unspecified atom stereocenters. The van der Waals surface area contributed by atoms with Crippen LogP contribution in [0, 0.1) is 0 Å². The molecule has 1 heterocycles. The highest BCUT2D eigenvalue weighted by molar-refractivity contribution is 5.97. The predicted molar refractivity (Wildman–Crippen MR) is 83.3 cm³/mol. The fraction of sp³-hybridized carbons (Fsp3) is 0.588. The van der Waals surface area contributed by atoms with Crippen molar-refractivity contribution in [1.29, 1.82) is 0 Å². The molecule has 110 valence electrons. The molecule has 0 radical (unpaired) electrons. The van der Waals surface area contributed by atoms with E-state index < -0.39 is 0 Å². The molecule has 1 fully saturated rings. The standard InChI is InChI=1S/C17H26N2O/c1-3-15-6-8-16(9-7-15)17(20)14-18(2)12-13-19-10-4-5-11-19/h6-9H,3-5,10-14H2,1-2H3. The lowest BCUT2D eigenvalue weighted by atomic mass is 10.1. The van der Waals surface area contributed by atoms with Crippen LogP contribution in [0.2, 0.25) is 0 Å². The van der Waals surface area contributed by atoms with Gasteiger partial charge in [-0.25, -0.2) is 0 Å². The van der Waals surface area contributed by atoms with Gasteiger partial charge in [-0.05, 0) is 45.0 Å². The Labute approximate surface area is 122 Å². The average Bonchev–Trinajstić information content (AvgIpc) is 2.98. The van der Waals surface area contributed by atoms with E-state index in [0.29, 0.717) is 6.54 Å². The van der Waals surface area contributed by atoms with Gasteiger partial charge in [0, 0.05) is 18.7 Å². The van der Waals surface area contributed by atoms with Crippen LogP contribution in [-0.2, 0) is 6.42 Å². The first-order chi connectivity index (χ1) is 9.69. The lowest BCUT2D eigenvalue weighted by Crippen LogP contribution is -2.34. The van der Waals surface area contributed by atoms with Gasteiger partial charge in [-0.2, -0.15) is 0 Å². The lowest BCUT2D eigenvalue weighted by Gasteiger charge is -2.20. The van der Waals surface area contributed by atoms with Gasteiger partial charge in [0.15, 0.2) is 5.78 Å². The molecule has 1 saturated heterocycles. The summed E-state index contributed by atoms with van der Waals surface area (Å²) in [6.07, 6.45) is 3.67. The van der Waals surface area contributed by atoms with Crippen molar-refractivity contribution in [3.05, 3.63) is 35.4 Å². The number of carbonyl (C=O) groups excluding carboxylic acids is 1. The van der Waals surface area contributed by atoms with Crippen molar-refractivity contribution in [2.24, 2.45) is 0 Å². The molecule has 1 aromatic carbocycles. The van der Waals surface area contributed by atoms with Crippen molar-refractivity contribution in [3.63, 3.8) is 0 Å². The molecule has 20 heavy (non-hydrogen) atoms. The molecule has 0 amide bonds. The smallest absolute Gasteiger partial charge is 0.176 e. The predicted octanol–water partition coefficient (Wildman–Crippen LogP) is 2.46. The van der Waals surface area contributed by atoms with Crippen molar-refractivity contribution in [1.82, 2.24) is 9.80 Å². The Hall–Kier alpha value is -1.19. The summed E-state index contributed by atoms with van der Waals surface area (Å²) in [5.74, 6) is 0.219. The van der Waals surface area contributed by atoms with Gasteiger partial charge >= 0.3 is 0 Å². The maximum atomic E-state index is 12.2. The first-order valence-electron chi connectivity index (χ1n) is 7.72. The summed E-state index contributed by atoms with van der Waals surface area (Å²) in [7, 11) is 2.04. The Morgan fingerprint density at radius 3 is 2.45 bits per heavy atom. The van der Waals surface area contributed by atoms with Crippen LogP contribution < -0.4 is 0 Å². The molecule has 1 aromatic rings. The number of aryl methyl sites for hydroxylation is 1. The number of likely N-dealkylation sites (tertiary alicyclic amines) is 1. The molecule has 1 aliphatic heterocycles. The first-order valence-corrected chi connectivity index (χ1v) is 7.72. The number of rotatable bonds is 7. The minimum atomic E-state index is 0.219. The summed E-state index contributed by atoms with van der Waals surface area (Å²) >= 11 is 0. The molecule has 2 rings (SSSR count). The Morgan fingerprint density at radius 2 is 1.85 bits per heavy atom. The van der Waals surface area contributed by atoms with Crippen molar-refractivity contribution >= 4 is 5.78 Å². The Kier molecular flexibility index (Phi) is 5.74. The lowest BCUT2D eigenvalue weighted by molar-refractivity contribution is 0.0941. The Morgan fingerprint density at radius 1 is 1.20 bits per heavy atom. The highest BCUT2D eigenvalue weighted by Crippen LogP contribution is 2.08. The van der Waals surface area contributed by atoms with Crippen molar-refractivity contribution < 1.29 is 4.79 Å². The number of hydrogen-bond acceptors (Lipinski definition) is 3. The molecule has 3 heteroatoms. The zero-order valence-corrected chi connectivity index (χ0v) is 12.8. The number of nitrogens with zero attached hydrogens (tertiary/aromatic N) is 2. The molecule has 0 atom stereocenters. The molecule has 1 aliphatic rings. The van der Waals surface area contributed by atoms with E-state index in [1.54, 1.807) is 0 Å². The van der Waals surface area contributed by atoms with Crippen LogP contribution in [0.25, 0.3) is 0 Å². The fourth-order valence-corrected chi connectivity index (χ4v) is 2.66. The van der Waals surface area contributed by atoms with E-state index in [9.17, 15) is 4.79 Å². The van der Waals surface area contributed by atoms with Gasteiger partial charge in [-0.15, -0.1) is 0 Å². The molecule has 0 bridgehead atoms. The number of hydrogen-bond donors (Lipinski definition) is 0. The van der Waals surface area contributed by atoms with Crippen molar-refractivity contribution in [3.8, 4) is 0 Å². The largest absolute Gasteiger partial charge is 0.302 e. The van der Waals surface area contributed by atoms with Crippen LogP contribution in [0.4, 0.5) is 0 Å². The van der Waals surface area contributed by atoms with Gasteiger partial charge in [-0.3, -0.25) is 9.69 Å². The van der Waals surface area contributed by atoms with Crippen molar-refractivity contribution in [2.75, 3.05) is 39.8 Å². The SMILES string of the molecule is CCc1ccc(C(=O)CN(C)CCN2CCCC2)cc1. The van der Waals surface area contributed by atoms with Crippen LogP contribution in [0.3, 0.4) is 0 Å². The number of likely N-dealkylation sites (N-methyl/N-ethyl adjacent to an activating group) is 1. The summed E-state index contributed by atoms with van der Waals surface area (Å²) in [4.78, 5) is 16.8. The summed E-state index contributed by atoms with van der Waals surface area (Å²) in [6, 6.07) is 8.01. The number of ketones is 1. The number of benzene rings is 1. The van der Waals surface area contributed by atoms with Crippen LogP contribution in [0.1, 0.15) is 35.7 Å². The topological polar surface area (TPSA) is 23.6 Å². The maximum absolute atomic E-state index is 12.2. The highest BCUT2D eigenvalue weighted by Gasteiger charge is 2.13. The van der Waals surface area contributed by atoms with E-state index in [1.165, 1.54) is 31.5 Å². The summed E-state index contributed by atoms with van der Waals surface area (Å²) in [6.45, 7) is 7.14. The third-order valence-corrected chi connectivity index (χ3v) is 4.09. The Balaban J connectivity index is 1.77. The number of Topliss-reactive ketones (excluding diaryl/α,β-unsaturated/α-hetero) is 1. The minimum absolute atomic E-state index is 0.219. The molecule has 0 N–H and O–H groups in total. The zero-order valence-electron chi connectivity index (χ0n) is 12.8. The second-order valence-electron chi connectivity index (χ2n) is 5.76. The van der Waals surface area contributed by atoms with E-state index in [1.807, 2.05) is 19.2 Å². The molecule has 0 aromatic heterocycles. The first kappa shape index (κ1) is 15.2. The molecule has 0 saturated carbocycles. The maximum Gasteiger partial charge on any atom is 0.176 e. The second kappa shape index (κ2) is 7.55. The van der Waals surface area contributed by atoms with E-state index in [2.05, 4.69) is 28.9 Å². The quantitative estimate of drug-likeness (QED) is 0.714. The van der Waals surface area contributed by atoms with Crippen LogP contribution in [-0.4, -0.2) is 55.4 Å². The van der Waals surface area contributed by atoms with Crippen LogP contribution in [0.5, 0.6) is 0 Å². The average molecular weight is 274 g/mol. The van der Waals surface area contributed by atoms with Gasteiger partial charge < -0.3 is 4.90 Å². The summed E-state index contributed by atoms with van der Waals surface area (Å²) in [5, 5.41) is 0.